The molecule has 5 heteroatoms. The van der Waals surface area contributed by atoms with E-state index < -0.39 is 0 Å². The minimum Gasteiger partial charge on any atom is -0.487 e. The van der Waals surface area contributed by atoms with E-state index >= 15 is 0 Å². The summed E-state index contributed by atoms with van der Waals surface area (Å²) in [5.41, 5.74) is 0. The van der Waals surface area contributed by atoms with Gasteiger partial charge in [-0.15, -0.1) is 0 Å². The second kappa shape index (κ2) is 4.79. The van der Waals surface area contributed by atoms with Gasteiger partial charge in [0.15, 0.2) is 0 Å². The molecule has 1 aliphatic heterocycles. The molecule has 2 nitrogen and oxygen atoms in total. The number of halogens is 3. The fourth-order valence-corrected chi connectivity index (χ4v) is 2.08. The summed E-state index contributed by atoms with van der Waals surface area (Å²) in [4.78, 5) is 0. The van der Waals surface area contributed by atoms with E-state index in [2.05, 4.69) is 5.32 Å². The van der Waals surface area contributed by atoms with Crippen LogP contribution in [0.5, 0.6) is 5.75 Å². The van der Waals surface area contributed by atoms with Crippen LogP contribution in [-0.2, 0) is 0 Å². The third-order valence-corrected chi connectivity index (χ3v) is 3.30. The number of hydrogen-bond donors (Lipinski definition) is 1. The number of ether oxygens (including phenoxy) is 1. The van der Waals surface area contributed by atoms with Crippen LogP contribution >= 0.6 is 34.8 Å². The summed E-state index contributed by atoms with van der Waals surface area (Å²) in [6.45, 7) is 1.82. The van der Waals surface area contributed by atoms with E-state index in [0.29, 0.717) is 20.8 Å². The first kappa shape index (κ1) is 11.3. The lowest BCUT2D eigenvalue weighted by atomic mass is 10.3. The second-order valence-corrected chi connectivity index (χ2v) is 4.65. The third kappa shape index (κ3) is 2.70. The van der Waals surface area contributed by atoms with E-state index in [4.69, 9.17) is 39.5 Å². The fraction of sp³-hybridized carbons (Fsp3) is 0.400. The smallest absolute Gasteiger partial charge is 0.139 e. The Morgan fingerprint density at radius 2 is 1.87 bits per heavy atom. The Hall–Kier alpha value is -0.150. The van der Waals surface area contributed by atoms with E-state index in [1.807, 2.05) is 0 Å². The van der Waals surface area contributed by atoms with Gasteiger partial charge in [-0.3, -0.25) is 0 Å². The van der Waals surface area contributed by atoms with Crippen LogP contribution in [0.2, 0.25) is 15.1 Å². The highest BCUT2D eigenvalue weighted by Gasteiger charge is 2.17. The maximum atomic E-state index is 5.99. The van der Waals surface area contributed by atoms with Crippen molar-refractivity contribution >= 4 is 34.8 Å². The highest BCUT2D eigenvalue weighted by atomic mass is 35.5. The quantitative estimate of drug-likeness (QED) is 0.829. The van der Waals surface area contributed by atoms with Gasteiger partial charge in [-0.05, 0) is 19.0 Å². The molecule has 0 saturated carbocycles. The van der Waals surface area contributed by atoms with Gasteiger partial charge < -0.3 is 10.1 Å². The Balaban J connectivity index is 2.16. The zero-order chi connectivity index (χ0) is 10.8. The van der Waals surface area contributed by atoms with Gasteiger partial charge >= 0.3 is 0 Å². The maximum absolute atomic E-state index is 5.99. The normalized spacial score (nSPS) is 20.6. The largest absolute Gasteiger partial charge is 0.487 e. The Morgan fingerprint density at radius 3 is 2.53 bits per heavy atom. The van der Waals surface area contributed by atoms with Crippen LogP contribution in [0.4, 0.5) is 0 Å². The molecule has 1 saturated heterocycles. The second-order valence-electron chi connectivity index (χ2n) is 3.43. The molecule has 0 radical (unpaired) electrons. The highest BCUT2D eigenvalue weighted by molar-refractivity contribution is 6.43. The zero-order valence-electron chi connectivity index (χ0n) is 7.90. The molecule has 0 unspecified atom stereocenters. The van der Waals surface area contributed by atoms with Crippen LogP contribution in [0.25, 0.3) is 0 Å². The minimum atomic E-state index is 0.166. The van der Waals surface area contributed by atoms with Crippen molar-refractivity contribution in [3.8, 4) is 5.75 Å². The van der Waals surface area contributed by atoms with Crippen molar-refractivity contribution in [3.63, 3.8) is 0 Å². The lowest BCUT2D eigenvalue weighted by Crippen LogP contribution is -2.19. The summed E-state index contributed by atoms with van der Waals surface area (Å²) in [7, 11) is 0. The monoisotopic (exact) mass is 265 g/mol. The van der Waals surface area contributed by atoms with Crippen molar-refractivity contribution in [2.75, 3.05) is 13.1 Å². The van der Waals surface area contributed by atoms with Crippen LogP contribution in [0.1, 0.15) is 6.42 Å². The molecule has 1 heterocycles. The molecule has 2 rings (SSSR count). The molecule has 0 amide bonds. The molecule has 0 aromatic heterocycles. The van der Waals surface area contributed by atoms with Gasteiger partial charge in [-0.2, -0.15) is 0 Å². The van der Waals surface area contributed by atoms with E-state index in [0.717, 1.165) is 19.5 Å². The summed E-state index contributed by atoms with van der Waals surface area (Å²) in [5.74, 6) is 0.597. The molecule has 1 aromatic rings. The van der Waals surface area contributed by atoms with Gasteiger partial charge in [0.2, 0.25) is 0 Å². The van der Waals surface area contributed by atoms with Crippen molar-refractivity contribution in [3.05, 3.63) is 27.2 Å². The number of nitrogens with one attached hydrogen (secondary N) is 1. The Labute approximate surface area is 103 Å². The predicted octanol–water partition coefficient (Wildman–Crippen LogP) is 3.39. The molecule has 1 fully saturated rings. The standard InChI is InChI=1S/C10H10Cl3NO/c11-7-3-9(13)10(4-8(7)12)15-6-1-2-14-5-6/h3-4,6,14H,1-2,5H2/t6-/m1/s1. The Bertz CT molecular complexity index is 364. The SMILES string of the molecule is Clc1cc(Cl)c(O[C@@H]2CCNC2)cc1Cl. The third-order valence-electron chi connectivity index (χ3n) is 2.28. The lowest BCUT2D eigenvalue weighted by Gasteiger charge is -2.14. The van der Waals surface area contributed by atoms with Crippen molar-refractivity contribution in [2.45, 2.75) is 12.5 Å². The molecule has 1 aliphatic rings. The molecule has 0 spiro atoms. The molecule has 1 N–H and O–H groups in total. The molecule has 1 aromatic carbocycles. The van der Waals surface area contributed by atoms with Gasteiger partial charge in [-0.1, -0.05) is 34.8 Å². The molecule has 1 atom stereocenters. The molecule has 15 heavy (non-hydrogen) atoms. The van der Waals surface area contributed by atoms with Gasteiger partial charge in [0.1, 0.15) is 11.9 Å². The van der Waals surface area contributed by atoms with E-state index in [9.17, 15) is 0 Å². The number of rotatable bonds is 2. The van der Waals surface area contributed by atoms with Crippen molar-refractivity contribution < 1.29 is 4.74 Å². The first-order valence-corrected chi connectivity index (χ1v) is 5.82. The van der Waals surface area contributed by atoms with Crippen molar-refractivity contribution in [2.24, 2.45) is 0 Å². The predicted molar refractivity (Wildman–Crippen MR) is 63.4 cm³/mol. The van der Waals surface area contributed by atoms with Gasteiger partial charge in [0.05, 0.1) is 15.1 Å². The molecular weight excluding hydrogens is 256 g/mol. The molecule has 82 valence electrons. The molecule has 0 aliphatic carbocycles. The average Bonchev–Trinajstić information content (AvgIpc) is 2.67. The van der Waals surface area contributed by atoms with Crippen LogP contribution in [0, 0.1) is 0 Å². The number of benzene rings is 1. The maximum Gasteiger partial charge on any atom is 0.139 e. The van der Waals surface area contributed by atoms with Gasteiger partial charge in [0, 0.05) is 12.6 Å². The topological polar surface area (TPSA) is 21.3 Å². The summed E-state index contributed by atoms with van der Waals surface area (Å²) in [5, 5.41) is 4.61. The average molecular weight is 267 g/mol. The van der Waals surface area contributed by atoms with Gasteiger partial charge in [-0.25, -0.2) is 0 Å². The Morgan fingerprint density at radius 1 is 1.13 bits per heavy atom. The lowest BCUT2D eigenvalue weighted by molar-refractivity contribution is 0.223. The van der Waals surface area contributed by atoms with E-state index in [1.165, 1.54) is 0 Å². The molecule has 0 bridgehead atoms. The van der Waals surface area contributed by atoms with Gasteiger partial charge in [0.25, 0.3) is 0 Å². The summed E-state index contributed by atoms with van der Waals surface area (Å²) < 4.78 is 5.70. The van der Waals surface area contributed by atoms with Crippen LogP contribution in [0.15, 0.2) is 12.1 Å². The zero-order valence-corrected chi connectivity index (χ0v) is 10.2. The number of hydrogen-bond acceptors (Lipinski definition) is 2. The van der Waals surface area contributed by atoms with E-state index in [-0.39, 0.29) is 6.10 Å². The summed E-state index contributed by atoms with van der Waals surface area (Å²) in [6, 6.07) is 3.26. The molecular formula is C10H10Cl3NO. The minimum absolute atomic E-state index is 0.166. The Kier molecular flexibility index (Phi) is 3.62. The fourth-order valence-electron chi connectivity index (χ4n) is 1.50. The summed E-state index contributed by atoms with van der Waals surface area (Å²) >= 11 is 17.7. The summed E-state index contributed by atoms with van der Waals surface area (Å²) in [6.07, 6.45) is 1.15. The van der Waals surface area contributed by atoms with Crippen LogP contribution in [-0.4, -0.2) is 19.2 Å². The van der Waals surface area contributed by atoms with Crippen molar-refractivity contribution in [1.29, 1.82) is 0 Å². The first-order valence-electron chi connectivity index (χ1n) is 4.69. The van der Waals surface area contributed by atoms with Crippen molar-refractivity contribution in [1.82, 2.24) is 5.32 Å². The first-order chi connectivity index (χ1) is 7.16. The van der Waals surface area contributed by atoms with Crippen LogP contribution in [0.3, 0.4) is 0 Å². The van der Waals surface area contributed by atoms with Crippen LogP contribution < -0.4 is 10.1 Å². The van der Waals surface area contributed by atoms with E-state index in [1.54, 1.807) is 12.1 Å². The highest BCUT2D eigenvalue weighted by Crippen LogP contribution is 2.34.